The Hall–Kier alpha value is -3.05. The Morgan fingerprint density at radius 2 is 2.00 bits per heavy atom. The Bertz CT molecular complexity index is 1020. The third kappa shape index (κ3) is 4.43. The van der Waals surface area contributed by atoms with Gasteiger partial charge in [-0.25, -0.2) is 0 Å². The van der Waals surface area contributed by atoms with E-state index in [1.807, 2.05) is 50.4 Å². The van der Waals surface area contributed by atoms with Crippen LogP contribution < -0.4 is 9.47 Å². The first kappa shape index (κ1) is 19.7. The fourth-order valence-electron chi connectivity index (χ4n) is 2.73. The summed E-state index contributed by atoms with van der Waals surface area (Å²) in [6.45, 7) is 2.16. The highest BCUT2D eigenvalue weighted by Gasteiger charge is 2.10. The predicted molar refractivity (Wildman–Crippen MR) is 110 cm³/mol. The second kappa shape index (κ2) is 8.76. The van der Waals surface area contributed by atoms with E-state index in [4.69, 9.17) is 21.1 Å². The van der Waals surface area contributed by atoms with Crippen LogP contribution in [0.15, 0.2) is 54.7 Å². The van der Waals surface area contributed by atoms with Crippen LogP contribution in [0, 0.1) is 6.92 Å². The zero-order valence-corrected chi connectivity index (χ0v) is 16.7. The van der Waals surface area contributed by atoms with Crippen molar-refractivity contribution in [3.63, 3.8) is 0 Å². The summed E-state index contributed by atoms with van der Waals surface area (Å²) in [4.78, 5) is 12.4. The first-order valence-electron chi connectivity index (χ1n) is 8.75. The van der Waals surface area contributed by atoms with Gasteiger partial charge in [-0.05, 0) is 42.8 Å². The summed E-state index contributed by atoms with van der Waals surface area (Å²) < 4.78 is 12.9. The molecule has 1 heterocycles. The number of para-hydroxylation sites is 1. The first-order valence-corrected chi connectivity index (χ1v) is 9.12. The number of aryl methyl sites for hydroxylation is 1. The lowest BCUT2D eigenvalue weighted by Crippen LogP contribution is -2.00. The molecule has 3 rings (SSSR count). The molecule has 0 saturated carbocycles. The van der Waals surface area contributed by atoms with Gasteiger partial charge in [0.1, 0.15) is 18.1 Å². The lowest BCUT2D eigenvalue weighted by atomic mass is 10.1. The molecule has 0 aliphatic heterocycles. The maximum absolute atomic E-state index is 12.4. The van der Waals surface area contributed by atoms with E-state index in [2.05, 4.69) is 5.10 Å². The van der Waals surface area contributed by atoms with Crippen molar-refractivity contribution in [2.45, 2.75) is 13.5 Å². The quantitative estimate of drug-likeness (QED) is 0.422. The summed E-state index contributed by atoms with van der Waals surface area (Å²) in [6.07, 6.45) is 4.90. The van der Waals surface area contributed by atoms with Gasteiger partial charge in [-0.3, -0.25) is 9.48 Å². The van der Waals surface area contributed by atoms with Gasteiger partial charge in [0.05, 0.1) is 23.9 Å². The molecular weight excluding hydrogens is 376 g/mol. The van der Waals surface area contributed by atoms with Gasteiger partial charge in [0, 0.05) is 18.3 Å². The molecule has 0 saturated heterocycles. The number of benzene rings is 2. The molecule has 3 aromatic rings. The monoisotopic (exact) mass is 396 g/mol. The maximum atomic E-state index is 12.4. The fourth-order valence-corrected chi connectivity index (χ4v) is 2.92. The zero-order valence-electron chi connectivity index (χ0n) is 16.0. The number of methoxy groups -OCH3 is 1. The Labute approximate surface area is 169 Å². The molecule has 0 spiro atoms. The molecule has 6 heteroatoms. The summed E-state index contributed by atoms with van der Waals surface area (Å²) in [6, 6.07) is 13.0. The van der Waals surface area contributed by atoms with Crippen molar-refractivity contribution in [1.82, 2.24) is 9.78 Å². The van der Waals surface area contributed by atoms with Crippen LogP contribution in [0.3, 0.4) is 0 Å². The van der Waals surface area contributed by atoms with Crippen molar-refractivity contribution in [3.8, 4) is 11.5 Å². The molecule has 0 radical (unpaired) electrons. The fraction of sp³-hybridized carbons (Fsp3) is 0.182. The van der Waals surface area contributed by atoms with Gasteiger partial charge in [0.2, 0.25) is 0 Å². The second-order valence-electron chi connectivity index (χ2n) is 6.26. The highest BCUT2D eigenvalue weighted by Crippen LogP contribution is 2.27. The molecule has 0 aliphatic rings. The van der Waals surface area contributed by atoms with Gasteiger partial charge >= 0.3 is 0 Å². The predicted octanol–water partition coefficient (Wildman–Crippen LogP) is 4.87. The molecule has 0 bridgehead atoms. The van der Waals surface area contributed by atoms with E-state index >= 15 is 0 Å². The molecular formula is C22H21ClN2O3. The topological polar surface area (TPSA) is 53.3 Å². The second-order valence-corrected chi connectivity index (χ2v) is 6.66. The van der Waals surface area contributed by atoms with Crippen LogP contribution in [0.2, 0.25) is 5.02 Å². The highest BCUT2D eigenvalue weighted by molar-refractivity contribution is 6.32. The Morgan fingerprint density at radius 1 is 1.21 bits per heavy atom. The number of carbonyl (C=O) groups excluding carboxylic acids is 1. The summed E-state index contributed by atoms with van der Waals surface area (Å²) in [5, 5.41) is 4.66. The van der Waals surface area contributed by atoms with Gasteiger partial charge in [-0.2, -0.15) is 5.10 Å². The minimum absolute atomic E-state index is 0.0877. The summed E-state index contributed by atoms with van der Waals surface area (Å²) in [5.74, 6) is 1.23. The van der Waals surface area contributed by atoms with Crippen LogP contribution in [0.4, 0.5) is 0 Å². The zero-order chi connectivity index (χ0) is 20.1. The molecule has 0 aliphatic carbocycles. The molecule has 144 valence electrons. The number of rotatable bonds is 7. The minimum atomic E-state index is -0.0877. The van der Waals surface area contributed by atoms with E-state index in [1.165, 1.54) is 0 Å². The number of ketones is 1. The normalized spacial score (nSPS) is 11.0. The number of hydrogen-bond acceptors (Lipinski definition) is 4. The van der Waals surface area contributed by atoms with Crippen LogP contribution in [0.5, 0.6) is 11.5 Å². The van der Waals surface area contributed by atoms with Crippen molar-refractivity contribution in [1.29, 1.82) is 0 Å². The summed E-state index contributed by atoms with van der Waals surface area (Å²) in [7, 11) is 3.42. The van der Waals surface area contributed by atoms with Gasteiger partial charge in [-0.15, -0.1) is 0 Å². The molecule has 28 heavy (non-hydrogen) atoms. The minimum Gasteiger partial charge on any atom is -0.496 e. The number of aromatic nitrogens is 2. The van der Waals surface area contributed by atoms with Gasteiger partial charge in [0.25, 0.3) is 0 Å². The van der Waals surface area contributed by atoms with Crippen LogP contribution in [0.1, 0.15) is 27.2 Å². The van der Waals surface area contributed by atoms with Crippen molar-refractivity contribution in [2.24, 2.45) is 7.05 Å². The number of nitrogens with zero attached hydrogens (tertiary/aromatic N) is 2. The first-order chi connectivity index (χ1) is 13.5. The average molecular weight is 397 g/mol. The molecule has 5 nitrogen and oxygen atoms in total. The SMILES string of the molecule is COc1ccc(/C=C/C(=O)c2cnn(C)c2C)cc1COc1ccccc1Cl. The lowest BCUT2D eigenvalue weighted by Gasteiger charge is -2.12. The Balaban J connectivity index is 1.77. The molecule has 1 aromatic heterocycles. The van der Waals surface area contributed by atoms with Crippen molar-refractivity contribution in [3.05, 3.63) is 82.1 Å². The van der Waals surface area contributed by atoms with Crippen LogP contribution in [-0.4, -0.2) is 22.7 Å². The van der Waals surface area contributed by atoms with Crippen molar-refractivity contribution in [2.75, 3.05) is 7.11 Å². The van der Waals surface area contributed by atoms with E-state index in [9.17, 15) is 4.79 Å². The van der Waals surface area contributed by atoms with Gasteiger partial charge in [-0.1, -0.05) is 35.9 Å². The Morgan fingerprint density at radius 3 is 2.68 bits per heavy atom. The van der Waals surface area contributed by atoms with Crippen molar-refractivity contribution >= 4 is 23.5 Å². The van der Waals surface area contributed by atoms with E-state index in [0.717, 1.165) is 16.8 Å². The van der Waals surface area contributed by atoms with E-state index in [-0.39, 0.29) is 5.78 Å². The van der Waals surface area contributed by atoms with E-state index in [1.54, 1.807) is 36.2 Å². The van der Waals surface area contributed by atoms with E-state index in [0.29, 0.717) is 28.7 Å². The van der Waals surface area contributed by atoms with Gasteiger partial charge in [0.15, 0.2) is 5.78 Å². The number of halogens is 1. The molecule has 0 atom stereocenters. The standard InChI is InChI=1S/C22H21ClN2O3/c1-15-18(13-24-25(15)2)20(26)10-8-16-9-11-21(27-3)17(12-16)14-28-22-7-5-4-6-19(22)23/h4-13H,14H2,1-3H3/b10-8+. The number of allylic oxidation sites excluding steroid dienone is 1. The maximum Gasteiger partial charge on any atom is 0.189 e. The third-order valence-corrected chi connectivity index (χ3v) is 4.76. The molecule has 0 amide bonds. The van der Waals surface area contributed by atoms with Gasteiger partial charge < -0.3 is 9.47 Å². The summed E-state index contributed by atoms with van der Waals surface area (Å²) >= 11 is 6.14. The number of hydrogen-bond donors (Lipinski definition) is 0. The largest absolute Gasteiger partial charge is 0.496 e. The Kier molecular flexibility index (Phi) is 6.16. The van der Waals surface area contributed by atoms with E-state index < -0.39 is 0 Å². The lowest BCUT2D eigenvalue weighted by molar-refractivity contribution is 0.104. The number of ether oxygens (including phenoxy) is 2. The van der Waals surface area contributed by atoms with Crippen molar-refractivity contribution < 1.29 is 14.3 Å². The summed E-state index contributed by atoms with van der Waals surface area (Å²) in [5.41, 5.74) is 3.15. The molecule has 0 unspecified atom stereocenters. The number of carbonyl (C=O) groups is 1. The van der Waals surface area contributed by atoms with Crippen LogP contribution >= 0.6 is 11.6 Å². The third-order valence-electron chi connectivity index (χ3n) is 4.45. The van der Waals surface area contributed by atoms with Crippen LogP contribution in [0.25, 0.3) is 6.08 Å². The smallest absolute Gasteiger partial charge is 0.189 e. The van der Waals surface area contributed by atoms with Crippen LogP contribution in [-0.2, 0) is 13.7 Å². The molecule has 2 aromatic carbocycles. The average Bonchev–Trinajstić information content (AvgIpc) is 3.04. The molecule has 0 fully saturated rings. The highest BCUT2D eigenvalue weighted by atomic mass is 35.5. The molecule has 0 N–H and O–H groups in total.